The van der Waals surface area contributed by atoms with Crippen molar-refractivity contribution >= 4 is 39.4 Å². The van der Waals surface area contributed by atoms with E-state index in [0.717, 1.165) is 0 Å². The Labute approximate surface area is 130 Å². The average molecular weight is 388 g/mol. The molecule has 5 aliphatic heterocycles. The van der Waals surface area contributed by atoms with E-state index in [0.29, 0.717) is 0 Å². The summed E-state index contributed by atoms with van der Waals surface area (Å²) in [6, 6.07) is 0. The molecule has 4 unspecified atom stereocenters. The van der Waals surface area contributed by atoms with Gasteiger partial charge in [0.1, 0.15) is 0 Å². The van der Waals surface area contributed by atoms with E-state index >= 15 is 0 Å². The molecule has 5 heterocycles. The van der Waals surface area contributed by atoms with Crippen LogP contribution >= 0.6 is 15.5 Å². The Kier molecular flexibility index (Phi) is 2.19. The summed E-state index contributed by atoms with van der Waals surface area (Å²) in [5.74, 6) is -5.54. The molecule has 0 amide bonds. The van der Waals surface area contributed by atoms with Crippen LogP contribution in [0, 0.1) is 0 Å². The molecule has 16 heteroatoms. The maximum absolute atomic E-state index is 11.9. The van der Waals surface area contributed by atoms with Crippen LogP contribution in [0.4, 0.5) is 0 Å². The number of fused-ring (bicyclic) bond motifs is 6. The Morgan fingerprint density at radius 2 is 0.750 bits per heavy atom. The molecule has 0 aromatic rings. The van der Waals surface area contributed by atoms with Crippen LogP contribution < -0.4 is 0 Å². The van der Waals surface area contributed by atoms with Crippen molar-refractivity contribution in [2.45, 2.75) is 24.4 Å². The molecule has 5 fully saturated rings. The third-order valence-electron chi connectivity index (χ3n) is 3.61. The van der Waals surface area contributed by atoms with E-state index in [1.165, 1.54) is 0 Å². The van der Waals surface area contributed by atoms with Crippen LogP contribution in [0.5, 0.6) is 0 Å². The van der Waals surface area contributed by atoms with Crippen LogP contribution in [-0.2, 0) is 55.4 Å². The number of hydrogen-bond acceptors (Lipinski definition) is 14. The Bertz CT molecular complexity index is 651. The molecule has 0 aromatic carbocycles. The summed E-state index contributed by atoms with van der Waals surface area (Å²) in [7, 11) is -11.5. The zero-order valence-corrected chi connectivity index (χ0v) is 12.8. The van der Waals surface area contributed by atoms with Gasteiger partial charge in [0, 0.05) is 0 Å². The van der Waals surface area contributed by atoms with Crippen molar-refractivity contribution in [2.75, 3.05) is 0 Å². The van der Waals surface area contributed by atoms with Gasteiger partial charge in [-0.1, -0.05) is 0 Å². The van der Waals surface area contributed by atoms with Gasteiger partial charge in [0.25, 0.3) is 0 Å². The number of carbonyl (C=O) groups is 4. The molecule has 5 aliphatic rings. The molecule has 14 nitrogen and oxygen atoms in total. The van der Waals surface area contributed by atoms with Crippen molar-refractivity contribution in [2.24, 2.45) is 0 Å². The summed E-state index contributed by atoms with van der Waals surface area (Å²) in [5, 5.41) is 0. The summed E-state index contributed by atoms with van der Waals surface area (Å²) in [5.41, 5.74) is 0. The summed E-state index contributed by atoms with van der Waals surface area (Å²) in [6.07, 6.45) is -8.11. The molecule has 5 rings (SSSR count). The minimum absolute atomic E-state index is 1.39. The standard InChI is InChI=1S/C8H6O14P2/c9-5-1-2-6(10)20-24(14,16-2)18-4(8(12)22-24)3-7(11)21-23(13,15-1,17-3)19-5/h1-4,13-14H. The predicted molar refractivity (Wildman–Crippen MR) is 62.1 cm³/mol. The first-order valence-electron chi connectivity index (χ1n) is 6.26. The monoisotopic (exact) mass is 388 g/mol. The third-order valence-corrected chi connectivity index (χ3v) is 7.87. The van der Waals surface area contributed by atoms with Gasteiger partial charge in [0.15, 0.2) is 0 Å². The van der Waals surface area contributed by atoms with Gasteiger partial charge in [-0.25, -0.2) is 0 Å². The second kappa shape index (κ2) is 3.54. The quantitative estimate of drug-likeness (QED) is 0.435. The average Bonchev–Trinajstić information content (AvgIpc) is 3.04. The van der Waals surface area contributed by atoms with Gasteiger partial charge in [0.05, 0.1) is 0 Å². The van der Waals surface area contributed by atoms with Crippen molar-refractivity contribution in [3.05, 3.63) is 0 Å². The van der Waals surface area contributed by atoms with E-state index < -0.39 is 63.8 Å². The van der Waals surface area contributed by atoms with Crippen LogP contribution in [-0.4, -0.2) is 58.1 Å². The van der Waals surface area contributed by atoms with Crippen molar-refractivity contribution in [3.8, 4) is 0 Å². The van der Waals surface area contributed by atoms with E-state index in [-0.39, 0.29) is 0 Å². The maximum atomic E-state index is 11.9. The molecule has 0 aromatic heterocycles. The second-order valence-corrected chi connectivity index (χ2v) is 9.96. The zero-order valence-electron chi connectivity index (χ0n) is 11.0. The van der Waals surface area contributed by atoms with Crippen LogP contribution in [0.15, 0.2) is 0 Å². The zero-order chi connectivity index (χ0) is 17.2. The predicted octanol–water partition coefficient (Wildman–Crippen LogP) is -1.99. The Balaban J connectivity index is 1.72. The molecular formula is C8H6O14P2. The molecule has 4 atom stereocenters. The van der Waals surface area contributed by atoms with Crippen LogP contribution in [0.25, 0.3) is 0 Å². The second-order valence-electron chi connectivity index (χ2n) is 5.29. The van der Waals surface area contributed by atoms with E-state index in [4.69, 9.17) is 18.1 Å². The van der Waals surface area contributed by atoms with Crippen LogP contribution in [0.2, 0.25) is 0 Å². The van der Waals surface area contributed by atoms with Gasteiger partial charge in [-0.15, -0.1) is 0 Å². The Hall–Kier alpha value is -1.50. The topological polar surface area (TPSA) is 183 Å². The molecule has 6 bridgehead atoms. The fourth-order valence-electron chi connectivity index (χ4n) is 2.72. The summed E-state index contributed by atoms with van der Waals surface area (Å²) in [6.45, 7) is 0. The third kappa shape index (κ3) is 1.57. The van der Waals surface area contributed by atoms with Crippen molar-refractivity contribution in [1.82, 2.24) is 0 Å². The molecule has 2 N–H and O–H groups in total. The first-order chi connectivity index (χ1) is 11.0. The molecule has 132 valence electrons. The fourth-order valence-corrected chi connectivity index (χ4v) is 7.16. The van der Waals surface area contributed by atoms with Gasteiger partial charge < -0.3 is 0 Å². The molecule has 0 radical (unpaired) electrons. The number of carbonyl (C=O) groups excluding carboxylic acids is 4. The van der Waals surface area contributed by atoms with E-state index in [2.05, 4.69) is 18.1 Å². The number of rotatable bonds is 0. The molecule has 0 aliphatic carbocycles. The van der Waals surface area contributed by atoms with E-state index in [1.54, 1.807) is 0 Å². The Morgan fingerprint density at radius 1 is 0.542 bits per heavy atom. The first-order valence-corrected chi connectivity index (χ1v) is 9.98. The van der Waals surface area contributed by atoms with Gasteiger partial charge in [0.2, 0.25) is 0 Å². The normalized spacial score (nSPS) is 47.9. The number of hydrogen-bond donors (Lipinski definition) is 2. The first kappa shape index (κ1) is 14.8. The molecular weight excluding hydrogens is 382 g/mol. The van der Waals surface area contributed by atoms with Gasteiger partial charge in [-0.2, -0.15) is 0 Å². The summed E-state index contributed by atoms with van der Waals surface area (Å²) >= 11 is 0. The molecule has 0 saturated carbocycles. The SMILES string of the molecule is O=C1OP23(O)OC(=O)C(O2)C2OP4(O)(OC(=O)C(O4)C1O3)OC2=O. The summed E-state index contributed by atoms with van der Waals surface area (Å²) < 4.78 is 37.8. The van der Waals surface area contributed by atoms with E-state index in [9.17, 15) is 29.0 Å². The van der Waals surface area contributed by atoms with Crippen molar-refractivity contribution in [3.63, 3.8) is 0 Å². The Morgan fingerprint density at radius 3 is 0.958 bits per heavy atom. The van der Waals surface area contributed by atoms with Gasteiger partial charge in [-0.3, -0.25) is 0 Å². The molecule has 5 saturated heterocycles. The van der Waals surface area contributed by atoms with Crippen LogP contribution in [0.3, 0.4) is 0 Å². The summed E-state index contributed by atoms with van der Waals surface area (Å²) in [4.78, 5) is 68.6. The minimum atomic E-state index is -5.74. The van der Waals surface area contributed by atoms with Gasteiger partial charge in [-0.05, 0) is 0 Å². The molecule has 2 spiro atoms. The van der Waals surface area contributed by atoms with Crippen molar-refractivity contribution < 1.29 is 65.2 Å². The fraction of sp³-hybridized carbons (Fsp3) is 0.500. The van der Waals surface area contributed by atoms with Gasteiger partial charge >= 0.3 is 129 Å². The molecule has 24 heavy (non-hydrogen) atoms. The van der Waals surface area contributed by atoms with E-state index in [1.807, 2.05) is 0 Å². The van der Waals surface area contributed by atoms with Crippen molar-refractivity contribution in [1.29, 1.82) is 0 Å². The van der Waals surface area contributed by atoms with Crippen LogP contribution in [0.1, 0.15) is 0 Å².